The van der Waals surface area contributed by atoms with Gasteiger partial charge in [-0.15, -0.1) is 0 Å². The average molecular weight is 97.2 g/mol. The standard InChI is InChI=1S/C6H11N/c1-5(7-2)6-3-4-6/h3,5,7H,4H2,1-2H3. The van der Waals surface area contributed by atoms with Crippen LogP contribution in [0.15, 0.2) is 11.6 Å². The molecule has 1 nitrogen and oxygen atoms in total. The second-order valence-electron chi connectivity index (χ2n) is 1.99. The van der Waals surface area contributed by atoms with Gasteiger partial charge in [-0.1, -0.05) is 11.6 Å². The van der Waals surface area contributed by atoms with Crippen molar-refractivity contribution in [2.24, 2.45) is 0 Å². The van der Waals surface area contributed by atoms with E-state index in [1.165, 1.54) is 6.42 Å². The summed E-state index contributed by atoms with van der Waals surface area (Å²) in [6.45, 7) is 2.18. The number of nitrogens with one attached hydrogen (secondary N) is 1. The monoisotopic (exact) mass is 97.1 g/mol. The highest BCUT2D eigenvalue weighted by Gasteiger charge is 2.12. The van der Waals surface area contributed by atoms with Crippen molar-refractivity contribution in [1.82, 2.24) is 5.32 Å². The molecule has 1 heteroatoms. The van der Waals surface area contributed by atoms with Gasteiger partial charge in [-0.25, -0.2) is 0 Å². The molecule has 1 rings (SSSR count). The maximum atomic E-state index is 3.16. The van der Waals surface area contributed by atoms with Crippen LogP contribution in [0, 0.1) is 0 Å². The molecule has 0 radical (unpaired) electrons. The summed E-state index contributed by atoms with van der Waals surface area (Å²) >= 11 is 0. The van der Waals surface area contributed by atoms with Crippen LogP contribution in [0.25, 0.3) is 0 Å². The van der Waals surface area contributed by atoms with Gasteiger partial charge >= 0.3 is 0 Å². The quantitative estimate of drug-likeness (QED) is 0.505. The van der Waals surface area contributed by atoms with Gasteiger partial charge in [-0.2, -0.15) is 0 Å². The molecule has 0 aromatic heterocycles. The third-order valence-electron chi connectivity index (χ3n) is 1.43. The Morgan fingerprint density at radius 1 is 1.86 bits per heavy atom. The smallest absolute Gasteiger partial charge is 0.0251 e. The molecule has 0 aliphatic heterocycles. The largest absolute Gasteiger partial charge is 0.314 e. The van der Waals surface area contributed by atoms with Gasteiger partial charge in [0.05, 0.1) is 0 Å². The topological polar surface area (TPSA) is 12.0 Å². The van der Waals surface area contributed by atoms with Crippen LogP contribution in [0.5, 0.6) is 0 Å². The van der Waals surface area contributed by atoms with E-state index in [0.717, 1.165) is 0 Å². The Bertz CT molecular complexity index is 94.4. The third-order valence-corrected chi connectivity index (χ3v) is 1.43. The molecule has 1 aliphatic rings. The van der Waals surface area contributed by atoms with Crippen molar-refractivity contribution in [3.8, 4) is 0 Å². The van der Waals surface area contributed by atoms with Crippen LogP contribution in [0.2, 0.25) is 0 Å². The highest BCUT2D eigenvalue weighted by atomic mass is 14.9. The SMILES string of the molecule is CNC(C)C1=CC1. The van der Waals surface area contributed by atoms with E-state index in [0.29, 0.717) is 6.04 Å². The lowest BCUT2D eigenvalue weighted by atomic mass is 10.3. The second kappa shape index (κ2) is 1.66. The van der Waals surface area contributed by atoms with Gasteiger partial charge in [-0.3, -0.25) is 0 Å². The first-order valence-corrected chi connectivity index (χ1v) is 2.71. The zero-order valence-corrected chi connectivity index (χ0v) is 4.86. The molecule has 0 saturated heterocycles. The van der Waals surface area contributed by atoms with Crippen LogP contribution < -0.4 is 5.32 Å². The molecule has 1 N–H and O–H groups in total. The Kier molecular flexibility index (Phi) is 1.15. The highest BCUT2D eigenvalue weighted by Crippen LogP contribution is 2.21. The summed E-state index contributed by atoms with van der Waals surface area (Å²) in [5.41, 5.74) is 1.56. The molecule has 0 heterocycles. The molecule has 1 atom stereocenters. The minimum Gasteiger partial charge on any atom is -0.314 e. The van der Waals surface area contributed by atoms with Crippen molar-refractivity contribution in [3.05, 3.63) is 11.6 Å². The molecular weight excluding hydrogens is 86.1 g/mol. The van der Waals surface area contributed by atoms with Crippen LogP contribution in [0.3, 0.4) is 0 Å². The van der Waals surface area contributed by atoms with E-state index in [1.54, 1.807) is 5.57 Å². The van der Waals surface area contributed by atoms with Gasteiger partial charge in [-0.05, 0) is 20.4 Å². The maximum absolute atomic E-state index is 3.16. The van der Waals surface area contributed by atoms with Crippen LogP contribution in [0.1, 0.15) is 13.3 Å². The van der Waals surface area contributed by atoms with Gasteiger partial charge in [0.2, 0.25) is 0 Å². The minimum absolute atomic E-state index is 0.625. The number of allylic oxidation sites excluding steroid dienone is 1. The molecular formula is C6H11N. The number of likely N-dealkylation sites (N-methyl/N-ethyl adjacent to an activating group) is 1. The zero-order chi connectivity index (χ0) is 5.28. The fourth-order valence-electron chi connectivity index (χ4n) is 0.598. The van der Waals surface area contributed by atoms with Crippen molar-refractivity contribution in [1.29, 1.82) is 0 Å². The molecule has 0 bridgehead atoms. The predicted octanol–water partition coefficient (Wildman–Crippen LogP) is 0.924. The lowest BCUT2D eigenvalue weighted by Gasteiger charge is -2.01. The molecule has 40 valence electrons. The Hall–Kier alpha value is -0.300. The minimum atomic E-state index is 0.625. The van der Waals surface area contributed by atoms with Crippen molar-refractivity contribution >= 4 is 0 Å². The first-order chi connectivity index (χ1) is 3.34. The molecule has 0 spiro atoms. The Balaban J connectivity index is 2.24. The van der Waals surface area contributed by atoms with Crippen molar-refractivity contribution in [2.45, 2.75) is 19.4 Å². The Morgan fingerprint density at radius 2 is 2.43 bits per heavy atom. The second-order valence-corrected chi connectivity index (χ2v) is 1.99. The normalized spacial score (nSPS) is 21.1. The first kappa shape index (κ1) is 4.85. The predicted molar refractivity (Wildman–Crippen MR) is 31.2 cm³/mol. The highest BCUT2D eigenvalue weighted by molar-refractivity contribution is 5.26. The van der Waals surface area contributed by atoms with Crippen LogP contribution in [0.4, 0.5) is 0 Å². The summed E-state index contributed by atoms with van der Waals surface area (Å²) in [6.07, 6.45) is 3.49. The number of hydrogen-bond acceptors (Lipinski definition) is 1. The average Bonchev–Trinajstić information content (AvgIpc) is 2.44. The van der Waals surface area contributed by atoms with Crippen molar-refractivity contribution in [2.75, 3.05) is 7.05 Å². The van der Waals surface area contributed by atoms with Crippen LogP contribution in [-0.2, 0) is 0 Å². The molecule has 7 heavy (non-hydrogen) atoms. The summed E-state index contributed by atoms with van der Waals surface area (Å²) in [5, 5.41) is 3.16. The lowest BCUT2D eigenvalue weighted by molar-refractivity contribution is 0.707. The van der Waals surface area contributed by atoms with Gasteiger partial charge in [0.25, 0.3) is 0 Å². The van der Waals surface area contributed by atoms with Gasteiger partial charge < -0.3 is 5.32 Å². The number of rotatable bonds is 2. The van der Waals surface area contributed by atoms with Gasteiger partial charge in [0.15, 0.2) is 0 Å². The van der Waals surface area contributed by atoms with Gasteiger partial charge in [0.1, 0.15) is 0 Å². The summed E-state index contributed by atoms with van der Waals surface area (Å²) in [7, 11) is 1.99. The zero-order valence-electron chi connectivity index (χ0n) is 4.86. The van der Waals surface area contributed by atoms with E-state index < -0.39 is 0 Å². The molecule has 0 amide bonds. The van der Waals surface area contributed by atoms with Crippen LogP contribution >= 0.6 is 0 Å². The van der Waals surface area contributed by atoms with E-state index in [1.807, 2.05) is 7.05 Å². The Labute approximate surface area is 44.4 Å². The van der Waals surface area contributed by atoms with E-state index in [9.17, 15) is 0 Å². The molecule has 1 unspecified atom stereocenters. The Morgan fingerprint density at radius 3 is 2.57 bits per heavy atom. The van der Waals surface area contributed by atoms with Crippen molar-refractivity contribution in [3.63, 3.8) is 0 Å². The third kappa shape index (κ3) is 1.03. The fourth-order valence-corrected chi connectivity index (χ4v) is 0.598. The van der Waals surface area contributed by atoms with E-state index in [-0.39, 0.29) is 0 Å². The van der Waals surface area contributed by atoms with E-state index >= 15 is 0 Å². The first-order valence-electron chi connectivity index (χ1n) is 2.71. The summed E-state index contributed by atoms with van der Waals surface area (Å²) in [4.78, 5) is 0. The maximum Gasteiger partial charge on any atom is 0.0251 e. The number of hydrogen-bond donors (Lipinski definition) is 1. The lowest BCUT2D eigenvalue weighted by Crippen LogP contribution is -2.19. The van der Waals surface area contributed by atoms with E-state index in [2.05, 4.69) is 18.3 Å². The molecule has 1 aliphatic carbocycles. The molecule has 0 aromatic rings. The summed E-state index contributed by atoms with van der Waals surface area (Å²) < 4.78 is 0. The van der Waals surface area contributed by atoms with Crippen LogP contribution in [-0.4, -0.2) is 13.1 Å². The van der Waals surface area contributed by atoms with Gasteiger partial charge in [0, 0.05) is 6.04 Å². The molecule has 0 saturated carbocycles. The summed E-state index contributed by atoms with van der Waals surface area (Å²) in [6, 6.07) is 0.625. The fraction of sp³-hybridized carbons (Fsp3) is 0.667. The summed E-state index contributed by atoms with van der Waals surface area (Å²) in [5.74, 6) is 0. The molecule has 0 fully saturated rings. The van der Waals surface area contributed by atoms with Crippen molar-refractivity contribution < 1.29 is 0 Å². The molecule has 0 aromatic carbocycles. The van der Waals surface area contributed by atoms with E-state index in [4.69, 9.17) is 0 Å².